The molecule has 2 aromatic rings. The lowest BCUT2D eigenvalue weighted by Crippen LogP contribution is -2.55. The van der Waals surface area contributed by atoms with Crippen molar-refractivity contribution in [2.75, 3.05) is 22.9 Å². The van der Waals surface area contributed by atoms with E-state index in [1.165, 1.54) is 0 Å². The van der Waals surface area contributed by atoms with Crippen molar-refractivity contribution in [2.45, 2.75) is 90.9 Å². The third kappa shape index (κ3) is 7.06. The highest BCUT2D eigenvalue weighted by atomic mass is 16.2. The van der Waals surface area contributed by atoms with Crippen LogP contribution in [0.2, 0.25) is 0 Å². The first-order valence-electron chi connectivity index (χ1n) is 15.2. The summed E-state index contributed by atoms with van der Waals surface area (Å²) < 4.78 is 0. The van der Waals surface area contributed by atoms with Crippen molar-refractivity contribution in [2.24, 2.45) is 0 Å². The summed E-state index contributed by atoms with van der Waals surface area (Å²) in [4.78, 5) is 81.5. The molecule has 2 aliphatic heterocycles. The predicted octanol–water partition coefficient (Wildman–Crippen LogP) is 5.91. The van der Waals surface area contributed by atoms with E-state index in [1.54, 1.807) is 24.3 Å². The fraction of sp³-hybridized carbons (Fsp3) is 0.471. The molecule has 0 aliphatic carbocycles. The van der Waals surface area contributed by atoms with Gasteiger partial charge in [0.1, 0.15) is 12.8 Å². The molecule has 44 heavy (non-hydrogen) atoms. The first kappa shape index (κ1) is 32.6. The molecule has 0 unspecified atom stereocenters. The molecule has 4 rings (SSSR count). The molecule has 2 aromatic carbocycles. The number of hydrogen-bond acceptors (Lipinski definition) is 6. The van der Waals surface area contributed by atoms with Gasteiger partial charge in [-0.1, -0.05) is 78.6 Å². The van der Waals surface area contributed by atoms with E-state index < -0.39 is 35.7 Å². The average molecular weight is 603 g/mol. The van der Waals surface area contributed by atoms with Crippen LogP contribution in [0.3, 0.4) is 0 Å². The van der Waals surface area contributed by atoms with Crippen molar-refractivity contribution in [3.05, 3.63) is 59.7 Å². The van der Waals surface area contributed by atoms with Crippen LogP contribution in [-0.2, 0) is 30.0 Å². The minimum Gasteiger partial charge on any atom is -0.274 e. The number of benzene rings is 2. The Morgan fingerprint density at radius 1 is 0.523 bits per heavy atom. The molecule has 10 nitrogen and oxygen atoms in total. The largest absolute Gasteiger partial charge is 0.338 e. The Morgan fingerprint density at radius 3 is 1.23 bits per heavy atom. The quantitative estimate of drug-likeness (QED) is 0.260. The van der Waals surface area contributed by atoms with E-state index in [1.807, 2.05) is 65.8 Å². The zero-order chi connectivity index (χ0) is 32.4. The van der Waals surface area contributed by atoms with Gasteiger partial charge < -0.3 is 0 Å². The molecule has 0 radical (unpaired) electrons. The second kappa shape index (κ2) is 12.7. The zero-order valence-corrected chi connectivity index (χ0v) is 26.5. The SMILES string of the molecule is CC(C)(C)c1cccc(N2C(=O)CC(=O)N(CCCCCCN3C(=O)CC(=O)N(c4cccc(C(C)(C)C)c4)C3=O)C2=O)c1. The molecule has 2 saturated heterocycles. The minimum absolute atomic E-state index is 0.161. The van der Waals surface area contributed by atoms with Gasteiger partial charge in [0.2, 0.25) is 23.6 Å². The van der Waals surface area contributed by atoms with Gasteiger partial charge in [0.05, 0.1) is 11.4 Å². The van der Waals surface area contributed by atoms with Crippen LogP contribution in [0.1, 0.15) is 91.2 Å². The summed E-state index contributed by atoms with van der Waals surface area (Å²) in [6, 6.07) is 13.2. The van der Waals surface area contributed by atoms with E-state index >= 15 is 0 Å². The van der Waals surface area contributed by atoms with E-state index in [4.69, 9.17) is 0 Å². The van der Waals surface area contributed by atoms with Crippen molar-refractivity contribution in [1.82, 2.24) is 9.80 Å². The van der Waals surface area contributed by atoms with Crippen molar-refractivity contribution in [1.29, 1.82) is 0 Å². The minimum atomic E-state index is -0.651. The summed E-state index contributed by atoms with van der Waals surface area (Å²) in [5.41, 5.74) is 2.47. The van der Waals surface area contributed by atoms with Crippen molar-refractivity contribution < 1.29 is 28.8 Å². The van der Waals surface area contributed by atoms with Crippen molar-refractivity contribution in [3.8, 4) is 0 Å². The van der Waals surface area contributed by atoms with E-state index in [9.17, 15) is 28.8 Å². The molecular weight excluding hydrogens is 560 g/mol. The molecule has 2 fully saturated rings. The van der Waals surface area contributed by atoms with Gasteiger partial charge in [0.25, 0.3) is 0 Å². The number of rotatable bonds is 9. The van der Waals surface area contributed by atoms with Crippen LogP contribution >= 0.6 is 0 Å². The molecule has 0 atom stereocenters. The Morgan fingerprint density at radius 2 is 0.886 bits per heavy atom. The number of nitrogens with zero attached hydrogens (tertiary/aromatic N) is 4. The van der Waals surface area contributed by atoms with Gasteiger partial charge in [0, 0.05) is 13.1 Å². The number of unbranched alkanes of at least 4 members (excludes halogenated alkanes) is 3. The average Bonchev–Trinajstić information content (AvgIpc) is 2.92. The maximum atomic E-state index is 13.3. The highest BCUT2D eigenvalue weighted by Gasteiger charge is 2.40. The summed E-state index contributed by atoms with van der Waals surface area (Å²) in [5.74, 6) is -2.13. The summed E-state index contributed by atoms with van der Waals surface area (Å²) in [5, 5.41) is 0. The number of hydrogen-bond donors (Lipinski definition) is 0. The molecule has 2 heterocycles. The molecule has 0 saturated carbocycles. The highest BCUT2D eigenvalue weighted by Crippen LogP contribution is 2.30. The van der Waals surface area contributed by atoms with Crippen molar-refractivity contribution >= 4 is 47.1 Å². The summed E-state index contributed by atoms with van der Waals surface area (Å²) in [6.45, 7) is 12.6. The molecule has 2 aliphatic rings. The van der Waals surface area contributed by atoms with E-state index in [-0.39, 0.29) is 36.8 Å². The molecule has 0 aromatic heterocycles. The van der Waals surface area contributed by atoms with Gasteiger partial charge in [-0.2, -0.15) is 0 Å². The number of amides is 8. The topological polar surface area (TPSA) is 115 Å². The van der Waals surface area contributed by atoms with Crippen molar-refractivity contribution in [3.63, 3.8) is 0 Å². The molecule has 234 valence electrons. The maximum Gasteiger partial charge on any atom is 0.338 e. The van der Waals surface area contributed by atoms with Crippen LogP contribution in [-0.4, -0.2) is 58.6 Å². The van der Waals surface area contributed by atoms with E-state index in [0.717, 1.165) is 30.7 Å². The summed E-state index contributed by atoms with van der Waals surface area (Å²) in [6.07, 6.45) is 1.53. The second-order valence-corrected chi connectivity index (χ2v) is 13.5. The number of carbonyl (C=O) groups excluding carboxylic acids is 6. The van der Waals surface area contributed by atoms with Gasteiger partial charge in [-0.05, 0) is 59.1 Å². The van der Waals surface area contributed by atoms with Gasteiger partial charge >= 0.3 is 12.1 Å². The number of barbiturate groups is 2. The van der Waals surface area contributed by atoms with Crippen LogP contribution in [0.4, 0.5) is 21.0 Å². The Hall–Kier alpha value is -4.34. The maximum absolute atomic E-state index is 13.3. The Labute approximate surface area is 259 Å². The summed E-state index contributed by atoms with van der Waals surface area (Å²) >= 11 is 0. The predicted molar refractivity (Wildman–Crippen MR) is 167 cm³/mol. The zero-order valence-electron chi connectivity index (χ0n) is 26.5. The first-order chi connectivity index (χ1) is 20.6. The Balaban J connectivity index is 1.32. The van der Waals surface area contributed by atoms with Gasteiger partial charge in [0.15, 0.2) is 0 Å². The molecule has 8 amide bonds. The smallest absolute Gasteiger partial charge is 0.274 e. The first-order valence-corrected chi connectivity index (χ1v) is 15.2. The van der Waals surface area contributed by atoms with Crippen LogP contribution in [0.25, 0.3) is 0 Å². The number of carbonyl (C=O) groups is 6. The van der Waals surface area contributed by atoms with Gasteiger partial charge in [-0.25, -0.2) is 19.4 Å². The lowest BCUT2D eigenvalue weighted by Gasteiger charge is -2.33. The number of anilines is 2. The van der Waals surface area contributed by atoms with E-state index in [2.05, 4.69) is 0 Å². The standard InChI is InChI=1S/C34H42N4O6/c1-33(2,3)23-13-11-15-25(19-23)37-29(41)21-27(39)35(31(37)43)17-9-7-8-10-18-36-28(40)22-30(42)38(32(36)44)26-16-12-14-24(20-26)34(4,5)6/h11-16,19-20H,7-10,17-18,21-22H2,1-6H3. The van der Waals surface area contributed by atoms with Crippen LogP contribution in [0, 0.1) is 0 Å². The summed E-state index contributed by atoms with van der Waals surface area (Å²) in [7, 11) is 0. The van der Waals surface area contributed by atoms with Crippen LogP contribution in [0.15, 0.2) is 48.5 Å². The number of imide groups is 4. The van der Waals surface area contributed by atoms with Crippen LogP contribution in [0.5, 0.6) is 0 Å². The lowest BCUT2D eigenvalue weighted by molar-refractivity contribution is -0.136. The molecule has 0 N–H and O–H groups in total. The van der Waals surface area contributed by atoms with Gasteiger partial charge in [-0.3, -0.25) is 29.0 Å². The third-order valence-corrected chi connectivity index (χ3v) is 8.00. The lowest BCUT2D eigenvalue weighted by atomic mass is 9.87. The molecular formula is C34H42N4O6. The normalized spacial score (nSPS) is 16.9. The van der Waals surface area contributed by atoms with Crippen LogP contribution < -0.4 is 9.80 Å². The monoisotopic (exact) mass is 602 g/mol. The fourth-order valence-electron chi connectivity index (χ4n) is 5.34. The molecule has 10 heteroatoms. The fourth-order valence-corrected chi connectivity index (χ4v) is 5.34. The third-order valence-electron chi connectivity index (χ3n) is 8.00. The highest BCUT2D eigenvalue weighted by molar-refractivity contribution is 6.27. The van der Waals surface area contributed by atoms with Gasteiger partial charge in [-0.15, -0.1) is 0 Å². The second-order valence-electron chi connectivity index (χ2n) is 13.5. The molecule has 0 spiro atoms. The van der Waals surface area contributed by atoms with E-state index in [0.29, 0.717) is 37.1 Å². The number of urea groups is 2. The molecule has 0 bridgehead atoms. The Bertz CT molecular complexity index is 1370. The Kier molecular flexibility index (Phi) is 9.41.